The molecule has 104 valence electrons. The molecule has 0 bridgehead atoms. The van der Waals surface area contributed by atoms with Crippen molar-refractivity contribution in [3.8, 4) is 0 Å². The molecule has 0 radical (unpaired) electrons. The Bertz CT molecular complexity index is 458. The summed E-state index contributed by atoms with van der Waals surface area (Å²) in [5.74, 6) is -0.160. The number of rotatable bonds is 3. The van der Waals surface area contributed by atoms with Crippen LogP contribution in [0.5, 0.6) is 0 Å². The van der Waals surface area contributed by atoms with Gasteiger partial charge in [-0.2, -0.15) is 0 Å². The Hall–Kier alpha value is -0.440. The third kappa shape index (κ3) is 4.01. The van der Waals surface area contributed by atoms with E-state index in [9.17, 15) is 4.79 Å². The van der Waals surface area contributed by atoms with Crippen LogP contribution in [0.1, 0.15) is 43.0 Å². The van der Waals surface area contributed by atoms with Gasteiger partial charge in [0.1, 0.15) is 5.38 Å². The van der Waals surface area contributed by atoms with Crippen LogP contribution in [0.25, 0.3) is 0 Å². The molecule has 1 N–H and O–H groups in total. The third-order valence-electron chi connectivity index (χ3n) is 3.42. The fourth-order valence-electron chi connectivity index (χ4n) is 2.34. The van der Waals surface area contributed by atoms with Crippen molar-refractivity contribution in [2.75, 3.05) is 0 Å². The van der Waals surface area contributed by atoms with Crippen molar-refractivity contribution in [2.24, 2.45) is 0 Å². The highest BCUT2D eigenvalue weighted by Crippen LogP contribution is 2.29. The maximum atomic E-state index is 12.1. The zero-order chi connectivity index (χ0) is 13.8. The Kier molecular flexibility index (Phi) is 5.37. The molecule has 1 amide bonds. The molecule has 0 saturated heterocycles. The highest BCUT2D eigenvalue weighted by Gasteiger charge is 2.22. The number of carbonyl (C=O) groups is 1. The van der Waals surface area contributed by atoms with E-state index in [0.717, 1.165) is 12.8 Å². The quantitative estimate of drug-likeness (QED) is 0.802. The van der Waals surface area contributed by atoms with E-state index in [1.165, 1.54) is 19.3 Å². The van der Waals surface area contributed by atoms with Crippen LogP contribution >= 0.6 is 34.8 Å². The Morgan fingerprint density at radius 1 is 1.16 bits per heavy atom. The second-order valence-corrected chi connectivity index (χ2v) is 6.13. The Morgan fingerprint density at radius 3 is 2.47 bits per heavy atom. The summed E-state index contributed by atoms with van der Waals surface area (Å²) in [6.07, 6.45) is 5.67. The van der Waals surface area contributed by atoms with Gasteiger partial charge in [0.05, 0.1) is 10.0 Å². The summed E-state index contributed by atoms with van der Waals surface area (Å²) in [4.78, 5) is 12.1. The van der Waals surface area contributed by atoms with Gasteiger partial charge < -0.3 is 5.32 Å². The number of amides is 1. The van der Waals surface area contributed by atoms with Gasteiger partial charge in [0.2, 0.25) is 5.91 Å². The van der Waals surface area contributed by atoms with Crippen molar-refractivity contribution >= 4 is 40.7 Å². The van der Waals surface area contributed by atoms with Crippen molar-refractivity contribution in [2.45, 2.75) is 43.5 Å². The maximum absolute atomic E-state index is 12.1. The molecule has 1 aliphatic rings. The molecule has 2 nitrogen and oxygen atoms in total. The van der Waals surface area contributed by atoms with Crippen LogP contribution in [0.15, 0.2) is 18.2 Å². The largest absolute Gasteiger partial charge is 0.352 e. The molecule has 1 aromatic carbocycles. The minimum atomic E-state index is -0.725. The van der Waals surface area contributed by atoms with Gasteiger partial charge in [-0.25, -0.2) is 0 Å². The lowest BCUT2D eigenvalue weighted by atomic mass is 9.95. The normalized spacial score (nSPS) is 18.1. The maximum Gasteiger partial charge on any atom is 0.242 e. The Morgan fingerprint density at radius 2 is 1.84 bits per heavy atom. The monoisotopic (exact) mass is 319 g/mol. The smallest absolute Gasteiger partial charge is 0.242 e. The van der Waals surface area contributed by atoms with Crippen LogP contribution in [0.4, 0.5) is 0 Å². The van der Waals surface area contributed by atoms with Crippen molar-refractivity contribution in [3.05, 3.63) is 33.8 Å². The van der Waals surface area contributed by atoms with Crippen molar-refractivity contribution in [1.82, 2.24) is 5.32 Å². The predicted octanol–water partition coefficient (Wildman–Crippen LogP) is 4.72. The molecule has 0 aliphatic heterocycles. The lowest BCUT2D eigenvalue weighted by Crippen LogP contribution is -2.38. The van der Waals surface area contributed by atoms with E-state index >= 15 is 0 Å². The third-order valence-corrected chi connectivity index (χ3v) is 4.61. The fraction of sp³-hybridized carbons (Fsp3) is 0.500. The molecule has 1 aromatic rings. The van der Waals surface area contributed by atoms with Crippen LogP contribution < -0.4 is 5.32 Å². The van der Waals surface area contributed by atoms with E-state index in [1.54, 1.807) is 18.2 Å². The molecule has 1 fully saturated rings. The van der Waals surface area contributed by atoms with Crippen LogP contribution in [-0.4, -0.2) is 11.9 Å². The van der Waals surface area contributed by atoms with Gasteiger partial charge in [0.25, 0.3) is 0 Å². The topological polar surface area (TPSA) is 29.1 Å². The summed E-state index contributed by atoms with van der Waals surface area (Å²) < 4.78 is 0. The van der Waals surface area contributed by atoms with Gasteiger partial charge in [-0.15, -0.1) is 11.6 Å². The van der Waals surface area contributed by atoms with Crippen molar-refractivity contribution < 1.29 is 4.79 Å². The summed E-state index contributed by atoms with van der Waals surface area (Å²) >= 11 is 18.0. The second kappa shape index (κ2) is 6.83. The van der Waals surface area contributed by atoms with Crippen molar-refractivity contribution in [1.29, 1.82) is 0 Å². The van der Waals surface area contributed by atoms with E-state index in [1.807, 2.05) is 0 Å². The predicted molar refractivity (Wildman–Crippen MR) is 80.1 cm³/mol. The van der Waals surface area contributed by atoms with E-state index in [2.05, 4.69) is 5.32 Å². The minimum absolute atomic E-state index is 0.160. The first-order chi connectivity index (χ1) is 9.08. The number of carbonyl (C=O) groups excluding carboxylic acids is 1. The first-order valence-electron chi connectivity index (χ1n) is 6.47. The van der Waals surface area contributed by atoms with E-state index in [4.69, 9.17) is 34.8 Å². The number of halogens is 3. The summed E-state index contributed by atoms with van der Waals surface area (Å²) in [5, 5.41) is 3.15. The summed E-state index contributed by atoms with van der Waals surface area (Å²) in [7, 11) is 0. The second-order valence-electron chi connectivity index (χ2n) is 4.88. The lowest BCUT2D eigenvalue weighted by Gasteiger charge is -2.24. The molecule has 0 spiro atoms. The number of hydrogen-bond acceptors (Lipinski definition) is 1. The summed E-state index contributed by atoms with van der Waals surface area (Å²) in [6.45, 7) is 0. The van der Waals surface area contributed by atoms with E-state index in [0.29, 0.717) is 15.6 Å². The van der Waals surface area contributed by atoms with Gasteiger partial charge in [0, 0.05) is 6.04 Å². The van der Waals surface area contributed by atoms with Crippen molar-refractivity contribution in [3.63, 3.8) is 0 Å². The molecule has 0 heterocycles. The minimum Gasteiger partial charge on any atom is -0.352 e. The van der Waals surface area contributed by atoms with Crippen LogP contribution in [-0.2, 0) is 4.79 Å². The first kappa shape index (κ1) is 15.0. The van der Waals surface area contributed by atoms with Crippen LogP contribution in [0.2, 0.25) is 10.0 Å². The molecule has 1 aliphatic carbocycles. The summed E-state index contributed by atoms with van der Waals surface area (Å²) in [5.41, 5.74) is 0.671. The van der Waals surface area contributed by atoms with Gasteiger partial charge in [-0.05, 0) is 30.5 Å². The van der Waals surface area contributed by atoms with Gasteiger partial charge in [0.15, 0.2) is 0 Å². The zero-order valence-electron chi connectivity index (χ0n) is 10.5. The molecule has 0 aromatic heterocycles. The lowest BCUT2D eigenvalue weighted by molar-refractivity contribution is -0.121. The van der Waals surface area contributed by atoms with E-state index in [-0.39, 0.29) is 11.9 Å². The number of hydrogen-bond donors (Lipinski definition) is 1. The highest BCUT2D eigenvalue weighted by molar-refractivity contribution is 6.42. The Labute approximate surface area is 128 Å². The molecule has 19 heavy (non-hydrogen) atoms. The molecule has 2 rings (SSSR count). The molecular formula is C14H16Cl3NO. The first-order valence-corrected chi connectivity index (χ1v) is 7.66. The molecular weight excluding hydrogens is 305 g/mol. The van der Waals surface area contributed by atoms with E-state index < -0.39 is 5.38 Å². The van der Waals surface area contributed by atoms with Crippen LogP contribution in [0, 0.1) is 0 Å². The number of benzene rings is 1. The summed E-state index contributed by atoms with van der Waals surface area (Å²) in [6, 6.07) is 5.28. The average Bonchev–Trinajstić information content (AvgIpc) is 2.42. The number of nitrogens with one attached hydrogen (secondary N) is 1. The molecule has 1 atom stereocenters. The zero-order valence-corrected chi connectivity index (χ0v) is 12.7. The Balaban J connectivity index is 1.99. The SMILES string of the molecule is O=C(NC1CCCCC1)C(Cl)c1ccc(Cl)c(Cl)c1. The molecule has 5 heteroatoms. The highest BCUT2D eigenvalue weighted by atomic mass is 35.5. The average molecular weight is 321 g/mol. The number of alkyl halides is 1. The molecule has 1 unspecified atom stereocenters. The molecule has 1 saturated carbocycles. The van der Waals surface area contributed by atoms with Gasteiger partial charge in [-0.1, -0.05) is 48.5 Å². The van der Waals surface area contributed by atoms with Gasteiger partial charge >= 0.3 is 0 Å². The standard InChI is InChI=1S/C14H16Cl3NO/c15-11-7-6-9(8-12(11)16)13(17)14(19)18-10-4-2-1-3-5-10/h6-8,10,13H,1-5H2,(H,18,19). The van der Waals surface area contributed by atoms with Crippen LogP contribution in [0.3, 0.4) is 0 Å². The fourth-order valence-corrected chi connectivity index (χ4v) is 2.85. The van der Waals surface area contributed by atoms with Gasteiger partial charge in [-0.3, -0.25) is 4.79 Å².